The molecule has 0 aliphatic carbocycles. The second kappa shape index (κ2) is 17.7. The molecule has 302 valence electrons. The fourth-order valence-electron chi connectivity index (χ4n) is 8.63. The molecule has 0 saturated heterocycles. The van der Waals surface area contributed by atoms with E-state index in [1.807, 2.05) is 11.3 Å². The highest BCUT2D eigenvalue weighted by Crippen LogP contribution is 2.46. The molecule has 0 aliphatic heterocycles. The molecule has 3 heteroatoms. The zero-order chi connectivity index (χ0) is 42.5. The summed E-state index contributed by atoms with van der Waals surface area (Å²) in [6.07, 6.45) is 0. The SMILES string of the molecule is Cc1cc(N(c2ccc(-c3ccccc3)cc2)c2ccc(-c3ccccc3)cc2)cc(C)c1-c1ccc(N(c2ccc(-c3ccccc3)cc2)c2ccc(-c3ccccc3)cc2)s1. The van der Waals surface area contributed by atoms with Gasteiger partial charge in [-0.25, -0.2) is 0 Å². The molecular formula is C60H46N2S. The third-order valence-corrected chi connectivity index (χ3v) is 12.9. The van der Waals surface area contributed by atoms with Gasteiger partial charge in [0.25, 0.3) is 0 Å². The van der Waals surface area contributed by atoms with Crippen LogP contribution < -0.4 is 9.80 Å². The highest BCUT2D eigenvalue weighted by molar-refractivity contribution is 7.19. The summed E-state index contributed by atoms with van der Waals surface area (Å²) >= 11 is 1.83. The highest BCUT2D eigenvalue weighted by Gasteiger charge is 2.20. The van der Waals surface area contributed by atoms with E-state index in [1.165, 1.54) is 66.1 Å². The van der Waals surface area contributed by atoms with Gasteiger partial charge >= 0.3 is 0 Å². The minimum absolute atomic E-state index is 1.11. The first-order chi connectivity index (χ1) is 31.1. The Kier molecular flexibility index (Phi) is 11.1. The van der Waals surface area contributed by atoms with Crippen LogP contribution in [0.1, 0.15) is 11.1 Å². The molecule has 0 bridgehead atoms. The standard InChI is InChI=1S/C60H46N2S/c1-43-41-57(61(53-31-23-49(24-32-53)45-15-7-3-8-16-45)54-33-25-50(26-34-54)46-17-9-4-10-18-46)42-44(2)60(43)58-39-40-59(63-58)62(55-35-27-51(28-36-55)47-19-11-5-12-20-47)56-37-29-52(30-38-56)48-21-13-6-14-22-48/h3-42H,1-2H3. The molecule has 10 aromatic rings. The Morgan fingerprint density at radius 2 is 0.556 bits per heavy atom. The summed E-state index contributed by atoms with van der Waals surface area (Å²) in [5.74, 6) is 0. The van der Waals surface area contributed by atoms with Crippen molar-refractivity contribution in [3.8, 4) is 54.9 Å². The van der Waals surface area contributed by atoms with E-state index in [0.29, 0.717) is 0 Å². The minimum Gasteiger partial charge on any atom is -0.310 e. The van der Waals surface area contributed by atoms with Gasteiger partial charge in [0.15, 0.2) is 0 Å². The van der Waals surface area contributed by atoms with E-state index in [1.54, 1.807) is 0 Å². The normalized spacial score (nSPS) is 11.0. The molecule has 2 nitrogen and oxygen atoms in total. The Bertz CT molecular complexity index is 2880. The Morgan fingerprint density at radius 3 is 0.873 bits per heavy atom. The molecule has 0 amide bonds. The molecule has 0 N–H and O–H groups in total. The number of anilines is 6. The van der Waals surface area contributed by atoms with E-state index < -0.39 is 0 Å². The number of benzene rings is 9. The maximum Gasteiger partial charge on any atom is 0.101 e. The average Bonchev–Trinajstić information content (AvgIpc) is 3.82. The number of hydrogen-bond acceptors (Lipinski definition) is 3. The molecule has 1 heterocycles. The lowest BCUT2D eigenvalue weighted by Crippen LogP contribution is -2.10. The monoisotopic (exact) mass is 826 g/mol. The molecule has 1 aromatic heterocycles. The van der Waals surface area contributed by atoms with E-state index in [4.69, 9.17) is 0 Å². The highest BCUT2D eigenvalue weighted by atomic mass is 32.1. The first-order valence-electron chi connectivity index (χ1n) is 21.5. The quantitative estimate of drug-likeness (QED) is 0.128. The van der Waals surface area contributed by atoms with Crippen LogP contribution in [0.25, 0.3) is 54.9 Å². The molecule has 10 rings (SSSR count). The van der Waals surface area contributed by atoms with Crippen LogP contribution >= 0.6 is 11.3 Å². The van der Waals surface area contributed by atoms with Crippen LogP contribution in [-0.2, 0) is 0 Å². The fourth-order valence-corrected chi connectivity index (χ4v) is 9.85. The summed E-state index contributed by atoms with van der Waals surface area (Å²) < 4.78 is 0. The summed E-state index contributed by atoms with van der Waals surface area (Å²) in [6, 6.07) is 87.4. The van der Waals surface area contributed by atoms with Crippen LogP contribution in [0.3, 0.4) is 0 Å². The number of aryl methyl sites for hydroxylation is 2. The molecule has 0 fully saturated rings. The van der Waals surface area contributed by atoms with Gasteiger partial charge in [0.2, 0.25) is 0 Å². The summed E-state index contributed by atoms with van der Waals surface area (Å²) in [4.78, 5) is 6.01. The van der Waals surface area contributed by atoms with E-state index in [0.717, 1.165) is 33.4 Å². The minimum atomic E-state index is 1.11. The smallest absolute Gasteiger partial charge is 0.101 e. The maximum absolute atomic E-state index is 2.39. The summed E-state index contributed by atoms with van der Waals surface area (Å²) in [5, 5.41) is 1.16. The molecule has 9 aromatic carbocycles. The molecule has 0 saturated carbocycles. The maximum atomic E-state index is 2.39. The van der Waals surface area contributed by atoms with Crippen LogP contribution in [0, 0.1) is 13.8 Å². The molecule has 0 aliphatic rings. The largest absolute Gasteiger partial charge is 0.310 e. The van der Waals surface area contributed by atoms with Crippen LogP contribution in [0.5, 0.6) is 0 Å². The van der Waals surface area contributed by atoms with Gasteiger partial charge in [-0.15, -0.1) is 11.3 Å². The number of nitrogens with zero attached hydrogens (tertiary/aromatic N) is 2. The Balaban J connectivity index is 1.02. The molecule has 63 heavy (non-hydrogen) atoms. The first-order valence-corrected chi connectivity index (χ1v) is 22.3. The molecule has 0 radical (unpaired) electrons. The third kappa shape index (κ3) is 8.35. The van der Waals surface area contributed by atoms with Gasteiger partial charge in [0.05, 0.1) is 0 Å². The van der Waals surface area contributed by atoms with Crippen molar-refractivity contribution in [2.75, 3.05) is 9.80 Å². The van der Waals surface area contributed by atoms with Crippen molar-refractivity contribution in [2.24, 2.45) is 0 Å². The molecular weight excluding hydrogens is 781 g/mol. The van der Waals surface area contributed by atoms with Crippen LogP contribution in [-0.4, -0.2) is 0 Å². The van der Waals surface area contributed by atoms with Crippen molar-refractivity contribution in [3.05, 3.63) is 254 Å². The Morgan fingerprint density at radius 1 is 0.270 bits per heavy atom. The summed E-state index contributed by atoms with van der Waals surface area (Å²) in [7, 11) is 0. The van der Waals surface area contributed by atoms with Crippen molar-refractivity contribution in [1.29, 1.82) is 0 Å². The number of rotatable bonds is 11. The van der Waals surface area contributed by atoms with Crippen molar-refractivity contribution >= 4 is 44.8 Å². The van der Waals surface area contributed by atoms with Crippen molar-refractivity contribution in [2.45, 2.75) is 13.8 Å². The van der Waals surface area contributed by atoms with E-state index in [-0.39, 0.29) is 0 Å². The van der Waals surface area contributed by atoms with Crippen molar-refractivity contribution in [1.82, 2.24) is 0 Å². The van der Waals surface area contributed by atoms with Gasteiger partial charge in [-0.1, -0.05) is 170 Å². The van der Waals surface area contributed by atoms with E-state index in [2.05, 4.69) is 266 Å². The second-order valence-electron chi connectivity index (χ2n) is 15.9. The van der Waals surface area contributed by atoms with Gasteiger partial charge in [-0.2, -0.15) is 0 Å². The number of hydrogen-bond donors (Lipinski definition) is 0. The predicted octanol–water partition coefficient (Wildman–Crippen LogP) is 17.6. The lowest BCUT2D eigenvalue weighted by atomic mass is 9.99. The topological polar surface area (TPSA) is 6.48 Å². The van der Waals surface area contributed by atoms with Gasteiger partial charge in [0, 0.05) is 33.3 Å². The zero-order valence-electron chi connectivity index (χ0n) is 35.4. The van der Waals surface area contributed by atoms with E-state index >= 15 is 0 Å². The first kappa shape index (κ1) is 39.4. The summed E-state index contributed by atoms with van der Waals surface area (Å²) in [6.45, 7) is 4.51. The van der Waals surface area contributed by atoms with Gasteiger partial charge in [-0.3, -0.25) is 0 Å². The Hall–Kier alpha value is -7.72. The predicted molar refractivity (Wildman–Crippen MR) is 270 cm³/mol. The zero-order valence-corrected chi connectivity index (χ0v) is 36.2. The molecule has 0 unspecified atom stereocenters. The van der Waals surface area contributed by atoms with Crippen molar-refractivity contribution in [3.63, 3.8) is 0 Å². The van der Waals surface area contributed by atoms with Crippen LogP contribution in [0.15, 0.2) is 243 Å². The summed E-state index contributed by atoms with van der Waals surface area (Å²) in [5.41, 5.74) is 19.0. The fraction of sp³-hybridized carbons (Fsp3) is 0.0333. The van der Waals surface area contributed by atoms with Gasteiger partial charge < -0.3 is 9.80 Å². The molecule has 0 atom stereocenters. The lowest BCUT2D eigenvalue weighted by Gasteiger charge is -2.27. The van der Waals surface area contributed by atoms with E-state index in [9.17, 15) is 0 Å². The lowest BCUT2D eigenvalue weighted by molar-refractivity contribution is 1.26. The van der Waals surface area contributed by atoms with Crippen LogP contribution in [0.4, 0.5) is 33.4 Å². The second-order valence-corrected chi connectivity index (χ2v) is 17.0. The Labute approximate surface area is 375 Å². The van der Waals surface area contributed by atoms with Crippen LogP contribution in [0.2, 0.25) is 0 Å². The van der Waals surface area contributed by atoms with Crippen molar-refractivity contribution < 1.29 is 0 Å². The van der Waals surface area contributed by atoms with Gasteiger partial charge in [0.1, 0.15) is 5.00 Å². The van der Waals surface area contributed by atoms with Gasteiger partial charge in [-0.05, 0) is 148 Å². The average molecular weight is 827 g/mol. The number of thiophene rings is 1. The molecule has 0 spiro atoms. The third-order valence-electron chi connectivity index (χ3n) is 11.8.